The van der Waals surface area contributed by atoms with Crippen molar-refractivity contribution in [3.63, 3.8) is 0 Å². The predicted molar refractivity (Wildman–Crippen MR) is 113 cm³/mol. The van der Waals surface area contributed by atoms with Crippen LogP contribution in [0.5, 0.6) is 0 Å². The van der Waals surface area contributed by atoms with E-state index in [4.69, 9.17) is 4.42 Å². The number of benzene rings is 1. The van der Waals surface area contributed by atoms with E-state index in [1.807, 2.05) is 37.3 Å². The van der Waals surface area contributed by atoms with Crippen LogP contribution in [0.1, 0.15) is 19.1 Å². The number of hydrogen-bond donors (Lipinski definition) is 2. The van der Waals surface area contributed by atoms with Crippen LogP contribution in [0.15, 0.2) is 51.4 Å². The third-order valence-electron chi connectivity index (χ3n) is 4.35. The maximum atomic E-state index is 13.0. The van der Waals surface area contributed by atoms with Crippen LogP contribution >= 0.6 is 23.1 Å². The number of carbonyl (C=O) groups excluding carboxylic acids is 2. The van der Waals surface area contributed by atoms with Crippen LogP contribution in [0.4, 0.5) is 16.5 Å². The lowest BCUT2D eigenvalue weighted by Gasteiger charge is -2.27. The van der Waals surface area contributed by atoms with Crippen LogP contribution in [0.25, 0.3) is 0 Å². The number of amides is 2. The number of anilines is 3. The van der Waals surface area contributed by atoms with Crippen LogP contribution in [-0.4, -0.2) is 33.8 Å². The highest BCUT2D eigenvalue weighted by atomic mass is 32.2. The lowest BCUT2D eigenvalue weighted by Crippen LogP contribution is -2.40. The number of fused-ring (bicyclic) bond motifs is 1. The Kier molecular flexibility index (Phi) is 5.81. The molecule has 2 aromatic heterocycles. The van der Waals surface area contributed by atoms with Gasteiger partial charge in [0.05, 0.1) is 29.9 Å². The number of carbonyl (C=O) groups is 2. The van der Waals surface area contributed by atoms with Crippen molar-refractivity contribution in [2.75, 3.05) is 21.3 Å². The average molecular weight is 430 g/mol. The van der Waals surface area contributed by atoms with E-state index in [-0.39, 0.29) is 30.0 Å². The van der Waals surface area contributed by atoms with Crippen molar-refractivity contribution in [3.8, 4) is 0 Å². The molecule has 0 saturated carbocycles. The van der Waals surface area contributed by atoms with E-state index in [1.54, 1.807) is 17.2 Å². The first-order valence-electron chi connectivity index (χ1n) is 9.03. The van der Waals surface area contributed by atoms with Gasteiger partial charge >= 0.3 is 0 Å². The van der Waals surface area contributed by atoms with Gasteiger partial charge in [-0.25, -0.2) is 0 Å². The summed E-state index contributed by atoms with van der Waals surface area (Å²) in [5, 5.41) is 14.9. The molecule has 3 aromatic rings. The normalized spacial score (nSPS) is 16.1. The number of para-hydroxylation sites is 2. The molecule has 0 aliphatic carbocycles. The van der Waals surface area contributed by atoms with Crippen molar-refractivity contribution in [2.45, 2.75) is 30.3 Å². The molecule has 0 radical (unpaired) electrons. The summed E-state index contributed by atoms with van der Waals surface area (Å²) >= 11 is 2.72. The summed E-state index contributed by atoms with van der Waals surface area (Å²) < 4.78 is 5.97. The van der Waals surface area contributed by atoms with Crippen molar-refractivity contribution < 1.29 is 14.0 Å². The van der Waals surface area contributed by atoms with Gasteiger partial charge in [0.1, 0.15) is 5.76 Å². The third kappa shape index (κ3) is 4.60. The zero-order valence-electron chi connectivity index (χ0n) is 15.6. The van der Waals surface area contributed by atoms with E-state index in [0.717, 1.165) is 11.4 Å². The van der Waals surface area contributed by atoms with Crippen LogP contribution < -0.4 is 15.5 Å². The number of thioether (sulfide) groups is 1. The largest absolute Gasteiger partial charge is 0.467 e. The Morgan fingerprint density at radius 3 is 3.03 bits per heavy atom. The molecule has 0 fully saturated rings. The monoisotopic (exact) mass is 429 g/mol. The lowest BCUT2D eigenvalue weighted by atomic mass is 10.2. The average Bonchev–Trinajstić information content (AvgIpc) is 3.35. The molecule has 3 heterocycles. The second-order valence-corrected chi connectivity index (χ2v) is 8.68. The minimum absolute atomic E-state index is 0.0771. The quantitative estimate of drug-likeness (QED) is 0.578. The first-order chi connectivity index (χ1) is 14.1. The molecule has 1 aromatic carbocycles. The van der Waals surface area contributed by atoms with Gasteiger partial charge in [0.15, 0.2) is 4.34 Å². The maximum absolute atomic E-state index is 13.0. The molecule has 0 spiro atoms. The highest BCUT2D eigenvalue weighted by Crippen LogP contribution is 2.33. The van der Waals surface area contributed by atoms with Gasteiger partial charge in [-0.2, -0.15) is 0 Å². The smallest absolute Gasteiger partial charge is 0.237 e. The molecule has 0 unspecified atom stereocenters. The Labute approximate surface area is 175 Å². The molecular weight excluding hydrogens is 410 g/mol. The van der Waals surface area contributed by atoms with Gasteiger partial charge in [0.2, 0.25) is 16.9 Å². The van der Waals surface area contributed by atoms with E-state index in [2.05, 4.69) is 20.8 Å². The summed E-state index contributed by atoms with van der Waals surface area (Å²) in [6.45, 7) is 2.40. The zero-order valence-corrected chi connectivity index (χ0v) is 17.3. The number of rotatable bonds is 6. The Bertz CT molecular complexity index is 1000. The third-order valence-corrected chi connectivity index (χ3v) is 6.35. The second kappa shape index (κ2) is 8.66. The topological polar surface area (TPSA) is 100 Å². The summed E-state index contributed by atoms with van der Waals surface area (Å²) in [7, 11) is 0. The fraction of sp³-hybridized carbons (Fsp3) is 0.263. The van der Waals surface area contributed by atoms with Gasteiger partial charge in [0.25, 0.3) is 0 Å². The Balaban J connectivity index is 1.40. The fourth-order valence-corrected chi connectivity index (χ4v) is 4.68. The molecule has 0 saturated heterocycles. The van der Waals surface area contributed by atoms with Crippen LogP contribution in [0.3, 0.4) is 0 Å². The molecular formula is C19H19N5O3S2. The van der Waals surface area contributed by atoms with Crippen LogP contribution in [-0.2, 0) is 16.1 Å². The number of nitrogens with one attached hydrogen (secondary N) is 2. The highest BCUT2D eigenvalue weighted by molar-refractivity contribution is 8.01. The minimum atomic E-state index is -0.230. The van der Waals surface area contributed by atoms with Gasteiger partial charge < -0.3 is 20.0 Å². The van der Waals surface area contributed by atoms with Crippen molar-refractivity contribution >= 4 is 51.4 Å². The van der Waals surface area contributed by atoms with E-state index >= 15 is 0 Å². The SMILES string of the molecule is C[C@@H]1CC(=O)Nc2ccccc2N1C(=O)CSc1nnc(NCc2ccco2)s1. The van der Waals surface area contributed by atoms with E-state index in [0.29, 0.717) is 21.7 Å². The maximum Gasteiger partial charge on any atom is 0.237 e. The number of furan rings is 1. The van der Waals surface area contributed by atoms with Gasteiger partial charge in [-0.05, 0) is 31.2 Å². The summed E-state index contributed by atoms with van der Waals surface area (Å²) in [5.74, 6) is 0.845. The van der Waals surface area contributed by atoms with Crippen LogP contribution in [0, 0.1) is 0 Å². The highest BCUT2D eigenvalue weighted by Gasteiger charge is 2.29. The van der Waals surface area contributed by atoms with Gasteiger partial charge in [0, 0.05) is 12.5 Å². The van der Waals surface area contributed by atoms with E-state index in [1.165, 1.54) is 23.1 Å². The summed E-state index contributed by atoms with van der Waals surface area (Å²) in [4.78, 5) is 26.7. The summed E-state index contributed by atoms with van der Waals surface area (Å²) in [5.41, 5.74) is 1.37. The number of hydrogen-bond acceptors (Lipinski definition) is 8. The molecule has 0 bridgehead atoms. The summed E-state index contributed by atoms with van der Waals surface area (Å²) in [6.07, 6.45) is 1.87. The summed E-state index contributed by atoms with van der Waals surface area (Å²) in [6, 6.07) is 10.8. The lowest BCUT2D eigenvalue weighted by molar-refractivity contribution is -0.117. The Morgan fingerprint density at radius 2 is 2.21 bits per heavy atom. The predicted octanol–water partition coefficient (Wildman–Crippen LogP) is 3.60. The molecule has 29 heavy (non-hydrogen) atoms. The number of aromatic nitrogens is 2. The number of nitrogens with zero attached hydrogens (tertiary/aromatic N) is 3. The molecule has 150 valence electrons. The van der Waals surface area contributed by atoms with Gasteiger partial charge in [-0.15, -0.1) is 10.2 Å². The zero-order chi connectivity index (χ0) is 20.2. The molecule has 1 aliphatic rings. The standard InChI is InChI=1S/C19H19N5O3S2/c1-12-9-16(25)21-14-6-2-3-7-15(14)24(12)17(26)11-28-19-23-22-18(29-19)20-10-13-5-4-8-27-13/h2-8,12H,9-11H2,1H3,(H,20,22)(H,21,25)/t12-/m1/s1. The van der Waals surface area contributed by atoms with Crippen molar-refractivity contribution in [1.82, 2.24) is 10.2 Å². The van der Waals surface area contributed by atoms with Crippen molar-refractivity contribution in [2.24, 2.45) is 0 Å². The Hall–Kier alpha value is -2.85. The minimum Gasteiger partial charge on any atom is -0.467 e. The fourth-order valence-electron chi connectivity index (χ4n) is 3.08. The molecule has 8 nitrogen and oxygen atoms in total. The molecule has 2 N–H and O–H groups in total. The first kappa shape index (κ1) is 19.5. The second-order valence-electron chi connectivity index (χ2n) is 6.48. The first-order valence-corrected chi connectivity index (χ1v) is 10.8. The molecule has 4 rings (SSSR count). The Morgan fingerprint density at radius 1 is 1.34 bits per heavy atom. The van der Waals surface area contributed by atoms with Crippen molar-refractivity contribution in [3.05, 3.63) is 48.4 Å². The molecule has 1 aliphatic heterocycles. The van der Waals surface area contributed by atoms with E-state index < -0.39 is 0 Å². The van der Waals surface area contributed by atoms with Gasteiger partial charge in [-0.1, -0.05) is 35.2 Å². The van der Waals surface area contributed by atoms with Crippen LogP contribution in [0.2, 0.25) is 0 Å². The van der Waals surface area contributed by atoms with Gasteiger partial charge in [-0.3, -0.25) is 9.59 Å². The van der Waals surface area contributed by atoms with E-state index in [9.17, 15) is 9.59 Å². The molecule has 2 amide bonds. The molecule has 10 heteroatoms. The van der Waals surface area contributed by atoms with Crippen molar-refractivity contribution in [1.29, 1.82) is 0 Å². The molecule has 1 atom stereocenters.